The molecule has 6 nitrogen and oxygen atoms in total. The van der Waals surface area contributed by atoms with Gasteiger partial charge in [-0.2, -0.15) is 0 Å². The van der Waals surface area contributed by atoms with E-state index in [0.29, 0.717) is 46.9 Å². The fourth-order valence-corrected chi connectivity index (χ4v) is 4.62. The predicted octanol–water partition coefficient (Wildman–Crippen LogP) is 6.16. The molecule has 4 rings (SSSR count). The maximum Gasteiger partial charge on any atom is 0.266 e. The molecule has 0 radical (unpaired) electrons. The second-order valence-electron chi connectivity index (χ2n) is 8.21. The molecular weight excluding hydrogens is 506 g/mol. The van der Waals surface area contributed by atoms with Crippen molar-refractivity contribution in [1.82, 2.24) is 14.5 Å². The summed E-state index contributed by atoms with van der Waals surface area (Å²) in [6.45, 7) is 6.83. The third-order valence-electron chi connectivity index (χ3n) is 5.85. The van der Waals surface area contributed by atoms with Crippen LogP contribution >= 0.6 is 15.9 Å². The van der Waals surface area contributed by atoms with E-state index in [1.807, 2.05) is 81.4 Å². The van der Waals surface area contributed by atoms with Crippen molar-refractivity contribution in [2.75, 3.05) is 13.2 Å². The number of para-hydroxylation sites is 3. The Morgan fingerprint density at radius 1 is 1.06 bits per heavy atom. The van der Waals surface area contributed by atoms with Gasteiger partial charge in [-0.15, -0.1) is 0 Å². The zero-order valence-electron chi connectivity index (χ0n) is 20.1. The highest BCUT2D eigenvalue weighted by Crippen LogP contribution is 2.29. The second-order valence-corrected chi connectivity index (χ2v) is 9.13. The van der Waals surface area contributed by atoms with Gasteiger partial charge in [0.05, 0.1) is 29.2 Å². The van der Waals surface area contributed by atoms with Crippen molar-refractivity contribution in [3.63, 3.8) is 0 Å². The van der Waals surface area contributed by atoms with Crippen LogP contribution in [0.4, 0.5) is 0 Å². The number of carbonyl (C=O) groups is 1. The zero-order chi connectivity index (χ0) is 24.9. The smallest absolute Gasteiger partial charge is 0.266 e. The summed E-state index contributed by atoms with van der Waals surface area (Å²) in [5.74, 6) is 0.952. The number of fused-ring (bicyclic) bond motifs is 1. The molecule has 1 aromatic heterocycles. The van der Waals surface area contributed by atoms with Crippen molar-refractivity contribution in [2.24, 2.45) is 0 Å². The highest BCUT2D eigenvalue weighted by molar-refractivity contribution is 9.10. The van der Waals surface area contributed by atoms with Crippen LogP contribution in [0.25, 0.3) is 16.6 Å². The topological polar surface area (TPSA) is 64.4 Å². The van der Waals surface area contributed by atoms with E-state index in [1.165, 1.54) is 0 Å². The van der Waals surface area contributed by atoms with Crippen LogP contribution in [0.3, 0.4) is 0 Å². The Morgan fingerprint density at radius 3 is 2.54 bits per heavy atom. The van der Waals surface area contributed by atoms with Crippen LogP contribution < -0.4 is 10.3 Å². The Bertz CT molecular complexity index is 1420. The van der Waals surface area contributed by atoms with E-state index < -0.39 is 6.04 Å². The lowest BCUT2D eigenvalue weighted by Crippen LogP contribution is -2.38. The molecule has 35 heavy (non-hydrogen) atoms. The zero-order valence-corrected chi connectivity index (χ0v) is 21.7. The van der Waals surface area contributed by atoms with Gasteiger partial charge in [0.1, 0.15) is 11.6 Å². The summed E-state index contributed by atoms with van der Waals surface area (Å²) in [4.78, 5) is 34.2. The Morgan fingerprint density at radius 2 is 1.80 bits per heavy atom. The number of nitrogens with zero attached hydrogens (tertiary/aromatic N) is 3. The number of amides is 1. The molecule has 0 N–H and O–H groups in total. The van der Waals surface area contributed by atoms with E-state index in [1.54, 1.807) is 21.6 Å². The number of rotatable bonds is 8. The molecule has 0 bridgehead atoms. The first-order valence-corrected chi connectivity index (χ1v) is 12.6. The maximum absolute atomic E-state index is 13.8. The molecule has 4 aromatic rings. The van der Waals surface area contributed by atoms with Crippen molar-refractivity contribution in [2.45, 2.75) is 33.2 Å². The van der Waals surface area contributed by atoms with Crippen LogP contribution in [-0.2, 0) is 0 Å². The standard InChI is InChI=1S/C28H28BrN3O3/c1-4-17-31(27(33)20-11-10-12-21(29)18-20)19(3)26-30-23-14-7-6-13-22(23)28(34)32(26)24-15-8-9-16-25(24)35-5-2/h6-16,18-19H,4-5,17H2,1-3H3. The molecule has 0 aliphatic rings. The van der Waals surface area contributed by atoms with E-state index in [2.05, 4.69) is 15.9 Å². The molecule has 0 spiro atoms. The summed E-state index contributed by atoms with van der Waals surface area (Å²) in [6.07, 6.45) is 0.761. The molecule has 1 atom stereocenters. The van der Waals surface area contributed by atoms with Gasteiger partial charge in [0, 0.05) is 16.6 Å². The number of halogens is 1. The SMILES string of the molecule is CCCN(C(=O)c1cccc(Br)c1)C(C)c1nc2ccccc2c(=O)n1-c1ccccc1OCC. The van der Waals surface area contributed by atoms with E-state index in [0.717, 1.165) is 10.9 Å². The van der Waals surface area contributed by atoms with Crippen molar-refractivity contribution < 1.29 is 9.53 Å². The Kier molecular flexibility index (Phi) is 7.66. The van der Waals surface area contributed by atoms with Crippen LogP contribution in [0.5, 0.6) is 5.75 Å². The fourth-order valence-electron chi connectivity index (χ4n) is 4.22. The van der Waals surface area contributed by atoms with E-state index in [-0.39, 0.29) is 11.5 Å². The highest BCUT2D eigenvalue weighted by atomic mass is 79.9. The molecule has 0 saturated carbocycles. The molecule has 0 aliphatic carbocycles. The van der Waals surface area contributed by atoms with Crippen molar-refractivity contribution in [3.8, 4) is 11.4 Å². The third-order valence-corrected chi connectivity index (χ3v) is 6.34. The molecule has 1 heterocycles. The summed E-state index contributed by atoms with van der Waals surface area (Å²) in [5, 5.41) is 0.509. The maximum atomic E-state index is 13.8. The predicted molar refractivity (Wildman–Crippen MR) is 142 cm³/mol. The van der Waals surface area contributed by atoms with Crippen molar-refractivity contribution >= 4 is 32.7 Å². The van der Waals surface area contributed by atoms with E-state index >= 15 is 0 Å². The average molecular weight is 534 g/mol. The monoisotopic (exact) mass is 533 g/mol. The summed E-state index contributed by atoms with van der Waals surface area (Å²) in [6, 6.07) is 21.6. The second kappa shape index (κ2) is 10.9. The first-order valence-electron chi connectivity index (χ1n) is 11.8. The summed E-state index contributed by atoms with van der Waals surface area (Å²) < 4.78 is 8.28. The Labute approximate surface area is 213 Å². The third kappa shape index (κ3) is 5.00. The molecule has 7 heteroatoms. The van der Waals surface area contributed by atoms with Gasteiger partial charge >= 0.3 is 0 Å². The van der Waals surface area contributed by atoms with Crippen LogP contribution in [0.2, 0.25) is 0 Å². The van der Waals surface area contributed by atoms with E-state index in [4.69, 9.17) is 9.72 Å². The lowest BCUT2D eigenvalue weighted by atomic mass is 10.1. The minimum absolute atomic E-state index is 0.118. The normalized spacial score (nSPS) is 11.9. The summed E-state index contributed by atoms with van der Waals surface area (Å²) in [5.41, 5.74) is 1.57. The van der Waals surface area contributed by atoms with Gasteiger partial charge in [-0.25, -0.2) is 4.98 Å². The van der Waals surface area contributed by atoms with Crippen LogP contribution in [-0.4, -0.2) is 33.5 Å². The Hall–Kier alpha value is -3.45. The largest absolute Gasteiger partial charge is 0.492 e. The van der Waals surface area contributed by atoms with E-state index in [9.17, 15) is 9.59 Å². The van der Waals surface area contributed by atoms with Gasteiger partial charge in [0.2, 0.25) is 0 Å². The first-order chi connectivity index (χ1) is 17.0. The molecule has 1 unspecified atom stereocenters. The number of aromatic nitrogens is 2. The fraction of sp³-hybridized carbons (Fsp3) is 0.250. The van der Waals surface area contributed by atoms with Crippen molar-refractivity contribution in [3.05, 3.63) is 99.0 Å². The minimum Gasteiger partial charge on any atom is -0.492 e. The average Bonchev–Trinajstić information content (AvgIpc) is 2.87. The molecule has 1 amide bonds. The highest BCUT2D eigenvalue weighted by Gasteiger charge is 2.28. The van der Waals surface area contributed by atoms with Crippen LogP contribution in [0.15, 0.2) is 82.1 Å². The molecule has 0 fully saturated rings. The van der Waals surface area contributed by atoms with Gasteiger partial charge in [0.25, 0.3) is 11.5 Å². The van der Waals surface area contributed by atoms with Crippen molar-refractivity contribution in [1.29, 1.82) is 0 Å². The number of benzene rings is 3. The lowest BCUT2D eigenvalue weighted by molar-refractivity contribution is 0.0681. The number of ether oxygens (including phenoxy) is 1. The summed E-state index contributed by atoms with van der Waals surface area (Å²) in [7, 11) is 0. The number of hydrogen-bond acceptors (Lipinski definition) is 4. The van der Waals surface area contributed by atoms with Gasteiger partial charge in [0.15, 0.2) is 0 Å². The quantitative estimate of drug-likeness (QED) is 0.272. The number of carbonyl (C=O) groups excluding carboxylic acids is 1. The van der Waals surface area contributed by atoms with Gasteiger partial charge in [-0.1, -0.05) is 53.2 Å². The molecule has 3 aromatic carbocycles. The lowest BCUT2D eigenvalue weighted by Gasteiger charge is -2.30. The molecule has 180 valence electrons. The minimum atomic E-state index is -0.478. The van der Waals surface area contributed by atoms with Crippen LogP contribution in [0, 0.1) is 0 Å². The van der Waals surface area contributed by atoms with Gasteiger partial charge in [-0.05, 0) is 62.7 Å². The van der Waals surface area contributed by atoms with Gasteiger partial charge in [-0.3, -0.25) is 14.2 Å². The number of hydrogen-bond donors (Lipinski definition) is 0. The molecular formula is C28H28BrN3O3. The van der Waals surface area contributed by atoms with Crippen LogP contribution in [0.1, 0.15) is 49.4 Å². The molecule has 0 saturated heterocycles. The molecule has 0 aliphatic heterocycles. The first kappa shape index (κ1) is 24.7. The van der Waals surface area contributed by atoms with Gasteiger partial charge < -0.3 is 9.64 Å². The Balaban J connectivity index is 1.94. The summed E-state index contributed by atoms with van der Waals surface area (Å²) >= 11 is 3.46.